The van der Waals surface area contributed by atoms with Gasteiger partial charge in [-0.3, -0.25) is 0 Å². The molecule has 0 saturated carbocycles. The molecule has 4 nitrogen and oxygen atoms in total. The van der Waals surface area contributed by atoms with Crippen molar-refractivity contribution in [1.82, 2.24) is 0 Å². The topological polar surface area (TPSA) is 63.6 Å². The largest absolute Gasteiger partial charge is 0.507 e. The Morgan fingerprint density at radius 1 is 1.26 bits per heavy atom. The number of phenolic OH excluding ortho intramolecular Hbond substituents is 1. The monoisotopic (exact) mass is 390 g/mol. The van der Waals surface area contributed by atoms with E-state index in [0.29, 0.717) is 12.4 Å². The van der Waals surface area contributed by atoms with Crippen LogP contribution >= 0.6 is 0 Å². The fourth-order valence-corrected chi connectivity index (χ4v) is 6.34. The molecule has 0 aliphatic carbocycles. The Morgan fingerprint density at radius 2 is 1.93 bits per heavy atom. The Labute approximate surface area is 162 Å². The number of aromatic hydroxyl groups is 1. The van der Waals surface area contributed by atoms with Crippen LogP contribution in [0.3, 0.4) is 0 Å². The molecule has 3 rings (SSSR count). The van der Waals surface area contributed by atoms with Crippen molar-refractivity contribution in [3.63, 3.8) is 0 Å². The highest BCUT2D eigenvalue weighted by molar-refractivity contribution is 7.92. The maximum absolute atomic E-state index is 12.3. The third-order valence-electron chi connectivity index (χ3n) is 5.85. The molecule has 0 bridgehead atoms. The van der Waals surface area contributed by atoms with Gasteiger partial charge in [-0.2, -0.15) is 0 Å². The normalized spacial score (nSPS) is 24.5. The summed E-state index contributed by atoms with van der Waals surface area (Å²) in [7, 11) is -3.06. The van der Waals surface area contributed by atoms with Crippen LogP contribution in [0.5, 0.6) is 5.75 Å². The summed E-state index contributed by atoms with van der Waals surface area (Å²) in [5.74, 6) is 0.573. The number of hydrogen-bond donors (Lipinski definition) is 1. The first-order valence-corrected chi connectivity index (χ1v) is 11.5. The van der Waals surface area contributed by atoms with Crippen molar-refractivity contribution < 1.29 is 18.3 Å². The van der Waals surface area contributed by atoms with Crippen molar-refractivity contribution in [3.05, 3.63) is 45.5 Å². The highest BCUT2D eigenvalue weighted by Gasteiger charge is 2.46. The Balaban J connectivity index is 1.75. The molecule has 1 aromatic rings. The zero-order chi connectivity index (χ0) is 19.8. The molecule has 2 aliphatic heterocycles. The minimum Gasteiger partial charge on any atom is -0.507 e. The predicted molar refractivity (Wildman–Crippen MR) is 110 cm³/mol. The summed E-state index contributed by atoms with van der Waals surface area (Å²) >= 11 is 0. The van der Waals surface area contributed by atoms with Crippen molar-refractivity contribution in [1.29, 1.82) is 0 Å². The Bertz CT molecular complexity index is 870. The second-order valence-corrected chi connectivity index (χ2v) is 9.91. The van der Waals surface area contributed by atoms with E-state index in [1.54, 1.807) is 0 Å². The van der Waals surface area contributed by atoms with E-state index in [4.69, 9.17) is 4.74 Å². The third kappa shape index (κ3) is 3.99. The molecule has 1 saturated heterocycles. The summed E-state index contributed by atoms with van der Waals surface area (Å²) < 4.78 is 30.6. The molecule has 2 heterocycles. The first-order chi connectivity index (χ1) is 12.8. The van der Waals surface area contributed by atoms with Crippen LogP contribution < -0.4 is 0 Å². The van der Waals surface area contributed by atoms with Gasteiger partial charge in [-0.05, 0) is 73.9 Å². The van der Waals surface area contributed by atoms with Crippen molar-refractivity contribution >= 4 is 15.9 Å². The number of hydrogen-bond acceptors (Lipinski definition) is 4. The summed E-state index contributed by atoms with van der Waals surface area (Å²) in [5.41, 5.74) is 6.28. The van der Waals surface area contributed by atoms with Gasteiger partial charge in [0.15, 0.2) is 9.84 Å². The van der Waals surface area contributed by atoms with E-state index in [-0.39, 0.29) is 11.9 Å². The third-order valence-corrected chi connectivity index (χ3v) is 7.86. The first kappa shape index (κ1) is 20.2. The van der Waals surface area contributed by atoms with Gasteiger partial charge in [0.25, 0.3) is 0 Å². The lowest BCUT2D eigenvalue weighted by Crippen LogP contribution is -2.19. The second-order valence-electron chi connectivity index (χ2n) is 7.73. The van der Waals surface area contributed by atoms with E-state index >= 15 is 0 Å². The molecule has 1 N–H and O–H groups in total. The first-order valence-electron chi connectivity index (χ1n) is 9.81. The quantitative estimate of drug-likeness (QED) is 0.727. The van der Waals surface area contributed by atoms with Crippen LogP contribution in [0, 0.1) is 13.8 Å². The van der Waals surface area contributed by atoms with Gasteiger partial charge in [-0.25, -0.2) is 8.42 Å². The van der Waals surface area contributed by atoms with Crippen LogP contribution in [0.25, 0.3) is 6.08 Å². The number of phenols is 1. The number of allylic oxidation sites excluding steroid dienone is 1. The Morgan fingerprint density at radius 3 is 2.52 bits per heavy atom. The molecule has 0 spiro atoms. The number of ether oxygens (including phenoxy) is 1. The number of fused-ring (bicyclic) bond motifs is 1. The van der Waals surface area contributed by atoms with E-state index in [9.17, 15) is 13.5 Å². The summed E-state index contributed by atoms with van der Waals surface area (Å²) in [6.45, 7) is 8.31. The van der Waals surface area contributed by atoms with E-state index < -0.39 is 15.1 Å². The highest BCUT2D eigenvalue weighted by Crippen LogP contribution is 2.39. The molecule has 1 aromatic carbocycles. The molecule has 5 heteroatoms. The molecule has 148 valence electrons. The summed E-state index contributed by atoms with van der Waals surface area (Å²) in [4.78, 5) is 0. The molecule has 1 fully saturated rings. The zero-order valence-electron chi connectivity index (χ0n) is 16.7. The van der Waals surface area contributed by atoms with E-state index in [0.717, 1.165) is 53.5 Å². The Kier molecular flexibility index (Phi) is 5.82. The Hall–Kier alpha value is -1.59. The average Bonchev–Trinajstić information content (AvgIpc) is 3.16. The lowest BCUT2D eigenvalue weighted by Gasteiger charge is -2.14. The van der Waals surface area contributed by atoms with Crippen LogP contribution in [-0.2, 0) is 14.6 Å². The molecule has 0 aromatic heterocycles. The number of benzene rings is 1. The van der Waals surface area contributed by atoms with Gasteiger partial charge in [0, 0.05) is 0 Å². The standard InChI is InChI=1S/C22H30O4S/c1-5-16(11-17-9-14(3)22(23)15(4)10-17)7-8-19-21-18(6-2)13-27(24,25)20(21)12-26-19/h9-11,19-20,23H,5-8,12-13H2,1-4H3/b16-11+/t19-,20+/m1/s1. The predicted octanol–water partition coefficient (Wildman–Crippen LogP) is 4.49. The van der Waals surface area contributed by atoms with Gasteiger partial charge in [0.05, 0.1) is 18.5 Å². The lowest BCUT2D eigenvalue weighted by atomic mass is 9.94. The van der Waals surface area contributed by atoms with Crippen LogP contribution in [0.4, 0.5) is 0 Å². The molecular formula is C22H30O4S. The molecule has 27 heavy (non-hydrogen) atoms. The zero-order valence-corrected chi connectivity index (χ0v) is 17.5. The lowest BCUT2D eigenvalue weighted by molar-refractivity contribution is 0.117. The molecule has 2 atom stereocenters. The summed E-state index contributed by atoms with van der Waals surface area (Å²) in [5, 5.41) is 9.55. The van der Waals surface area contributed by atoms with Crippen LogP contribution in [0.1, 0.15) is 56.2 Å². The summed E-state index contributed by atoms with van der Waals surface area (Å²) in [6.07, 6.45) is 5.54. The van der Waals surface area contributed by atoms with Crippen molar-refractivity contribution in [2.24, 2.45) is 0 Å². The highest BCUT2D eigenvalue weighted by atomic mass is 32.2. The van der Waals surface area contributed by atoms with E-state index in [2.05, 4.69) is 13.0 Å². The van der Waals surface area contributed by atoms with Gasteiger partial charge >= 0.3 is 0 Å². The number of rotatable bonds is 6. The van der Waals surface area contributed by atoms with Gasteiger partial charge < -0.3 is 9.84 Å². The minimum absolute atomic E-state index is 0.0690. The SMILES string of the molecule is CCC1=C2[C@@H](CC/C(=C/c3cc(C)c(O)c(C)c3)CC)OC[C@@H]2S(=O)(=O)C1. The van der Waals surface area contributed by atoms with Gasteiger partial charge in [0.2, 0.25) is 0 Å². The number of aryl methyl sites for hydroxylation is 2. The molecule has 0 unspecified atom stereocenters. The van der Waals surface area contributed by atoms with Crippen LogP contribution in [0.15, 0.2) is 28.9 Å². The minimum atomic E-state index is -3.06. The molecular weight excluding hydrogens is 360 g/mol. The smallest absolute Gasteiger partial charge is 0.163 e. The van der Waals surface area contributed by atoms with E-state index in [1.807, 2.05) is 32.9 Å². The molecule has 0 amide bonds. The molecule has 0 radical (unpaired) electrons. The average molecular weight is 391 g/mol. The van der Waals surface area contributed by atoms with E-state index in [1.165, 1.54) is 5.57 Å². The fourth-order valence-electron chi connectivity index (χ4n) is 4.29. The van der Waals surface area contributed by atoms with Crippen LogP contribution in [0.2, 0.25) is 0 Å². The van der Waals surface area contributed by atoms with Gasteiger partial charge in [0.1, 0.15) is 11.0 Å². The summed E-state index contributed by atoms with van der Waals surface area (Å²) in [6, 6.07) is 4.00. The molecule has 2 aliphatic rings. The van der Waals surface area contributed by atoms with Gasteiger partial charge in [-0.15, -0.1) is 0 Å². The van der Waals surface area contributed by atoms with Crippen LogP contribution in [-0.4, -0.2) is 37.2 Å². The number of sulfone groups is 1. The van der Waals surface area contributed by atoms with Crippen molar-refractivity contribution in [3.8, 4) is 5.75 Å². The van der Waals surface area contributed by atoms with Crippen molar-refractivity contribution in [2.75, 3.05) is 12.4 Å². The van der Waals surface area contributed by atoms with Crippen molar-refractivity contribution in [2.45, 2.75) is 64.7 Å². The second kappa shape index (κ2) is 7.80. The fraction of sp³-hybridized carbons (Fsp3) is 0.545. The maximum atomic E-state index is 12.3. The maximum Gasteiger partial charge on any atom is 0.163 e. The van der Waals surface area contributed by atoms with Gasteiger partial charge in [-0.1, -0.05) is 31.1 Å².